The summed E-state index contributed by atoms with van der Waals surface area (Å²) in [6.45, 7) is 3.38. The van der Waals surface area contributed by atoms with Crippen LogP contribution in [0, 0.1) is 0 Å². The van der Waals surface area contributed by atoms with Gasteiger partial charge >= 0.3 is 0 Å². The number of likely N-dealkylation sites (N-methyl/N-ethyl adjacent to an activating group) is 1. The molecule has 24 heavy (non-hydrogen) atoms. The number of para-hydroxylation sites is 2. The van der Waals surface area contributed by atoms with Crippen LogP contribution >= 0.6 is 0 Å². The average Bonchev–Trinajstić information content (AvgIpc) is 2.64. The highest BCUT2D eigenvalue weighted by Crippen LogP contribution is 2.20. The molecule has 5 nitrogen and oxygen atoms in total. The van der Waals surface area contributed by atoms with Gasteiger partial charge in [0.25, 0.3) is 5.91 Å². The van der Waals surface area contributed by atoms with Crippen molar-refractivity contribution >= 4 is 5.91 Å². The van der Waals surface area contributed by atoms with E-state index in [1.54, 1.807) is 23.1 Å². The van der Waals surface area contributed by atoms with Crippen molar-refractivity contribution < 1.29 is 19.4 Å². The van der Waals surface area contributed by atoms with E-state index in [-0.39, 0.29) is 12.5 Å². The number of aliphatic hydroxyl groups is 1. The molecule has 1 amide bonds. The lowest BCUT2D eigenvalue weighted by molar-refractivity contribution is 0.0726. The number of hydrogen-bond donors (Lipinski definition) is 1. The summed E-state index contributed by atoms with van der Waals surface area (Å²) in [5.41, 5.74) is 0.493. The minimum atomic E-state index is -0.147. The Hall–Kier alpha value is -2.53. The molecule has 5 heteroatoms. The summed E-state index contributed by atoms with van der Waals surface area (Å²) in [5, 5.41) is 9.07. The average molecular weight is 329 g/mol. The van der Waals surface area contributed by atoms with E-state index >= 15 is 0 Å². The second-order valence-corrected chi connectivity index (χ2v) is 5.11. The van der Waals surface area contributed by atoms with Crippen LogP contribution in [0.15, 0.2) is 54.6 Å². The summed E-state index contributed by atoms with van der Waals surface area (Å²) in [6.07, 6.45) is 0. The van der Waals surface area contributed by atoms with Crippen LogP contribution in [0.25, 0.3) is 0 Å². The zero-order valence-electron chi connectivity index (χ0n) is 13.9. The van der Waals surface area contributed by atoms with Crippen molar-refractivity contribution in [2.45, 2.75) is 6.92 Å². The third-order valence-corrected chi connectivity index (χ3v) is 3.51. The van der Waals surface area contributed by atoms with Crippen LogP contribution in [-0.4, -0.2) is 48.8 Å². The lowest BCUT2D eigenvalue weighted by atomic mass is 10.1. The fourth-order valence-corrected chi connectivity index (χ4v) is 2.29. The summed E-state index contributed by atoms with van der Waals surface area (Å²) in [6, 6.07) is 16.6. The summed E-state index contributed by atoms with van der Waals surface area (Å²) in [7, 11) is 0. The largest absolute Gasteiger partial charge is 0.490 e. The van der Waals surface area contributed by atoms with Gasteiger partial charge in [-0.05, 0) is 31.2 Å². The van der Waals surface area contributed by atoms with E-state index in [4.69, 9.17) is 14.6 Å². The number of hydrogen-bond acceptors (Lipinski definition) is 4. The van der Waals surface area contributed by atoms with E-state index in [2.05, 4.69) is 0 Å². The van der Waals surface area contributed by atoms with Crippen LogP contribution in [0.2, 0.25) is 0 Å². The van der Waals surface area contributed by atoms with E-state index < -0.39 is 0 Å². The standard InChI is InChI=1S/C19H23NO4/c1-2-20(12-13-21)19(22)17-10-6-7-11-18(17)24-15-14-23-16-8-4-3-5-9-16/h3-11,21H,2,12-15H2,1H3. The molecular weight excluding hydrogens is 306 g/mol. The molecular formula is C19H23NO4. The molecule has 2 aromatic rings. The second-order valence-electron chi connectivity index (χ2n) is 5.11. The number of nitrogens with zero attached hydrogens (tertiary/aromatic N) is 1. The Bertz CT molecular complexity index is 630. The Kier molecular flexibility index (Phi) is 7.11. The Morgan fingerprint density at radius 2 is 1.67 bits per heavy atom. The summed E-state index contributed by atoms with van der Waals surface area (Å²) >= 11 is 0. The monoisotopic (exact) mass is 329 g/mol. The molecule has 0 bridgehead atoms. The zero-order valence-corrected chi connectivity index (χ0v) is 13.9. The van der Waals surface area contributed by atoms with Gasteiger partial charge in [-0.2, -0.15) is 0 Å². The van der Waals surface area contributed by atoms with Crippen molar-refractivity contribution in [1.29, 1.82) is 0 Å². The molecule has 128 valence electrons. The summed E-state index contributed by atoms with van der Waals surface area (Å²) in [5.74, 6) is 1.16. The molecule has 0 fully saturated rings. The smallest absolute Gasteiger partial charge is 0.257 e. The normalized spacial score (nSPS) is 10.2. The summed E-state index contributed by atoms with van der Waals surface area (Å²) < 4.78 is 11.3. The van der Waals surface area contributed by atoms with Gasteiger partial charge in [-0.15, -0.1) is 0 Å². The second kappa shape index (κ2) is 9.57. The van der Waals surface area contributed by atoms with Gasteiger partial charge < -0.3 is 19.5 Å². The first-order chi connectivity index (χ1) is 11.8. The molecule has 0 saturated heterocycles. The van der Waals surface area contributed by atoms with Crippen molar-refractivity contribution in [3.05, 3.63) is 60.2 Å². The Balaban J connectivity index is 1.94. The molecule has 2 aromatic carbocycles. The molecule has 0 aromatic heterocycles. The number of amides is 1. The van der Waals surface area contributed by atoms with Gasteiger partial charge in [0.2, 0.25) is 0 Å². The maximum atomic E-state index is 12.5. The van der Waals surface area contributed by atoms with E-state index in [1.807, 2.05) is 43.3 Å². The maximum absolute atomic E-state index is 12.5. The maximum Gasteiger partial charge on any atom is 0.257 e. The molecule has 0 atom stereocenters. The van der Waals surface area contributed by atoms with Gasteiger partial charge in [-0.3, -0.25) is 4.79 Å². The van der Waals surface area contributed by atoms with E-state index in [1.165, 1.54) is 0 Å². The van der Waals surface area contributed by atoms with Crippen molar-refractivity contribution in [2.75, 3.05) is 32.9 Å². The van der Waals surface area contributed by atoms with Gasteiger partial charge in [-0.1, -0.05) is 30.3 Å². The SMILES string of the molecule is CCN(CCO)C(=O)c1ccccc1OCCOc1ccccc1. The van der Waals surface area contributed by atoms with Crippen LogP contribution in [-0.2, 0) is 0 Å². The molecule has 2 rings (SSSR count). The third kappa shape index (κ3) is 4.99. The summed E-state index contributed by atoms with van der Waals surface area (Å²) in [4.78, 5) is 14.1. The van der Waals surface area contributed by atoms with Crippen LogP contribution < -0.4 is 9.47 Å². The Labute approximate surface area is 142 Å². The van der Waals surface area contributed by atoms with Crippen LogP contribution in [0.3, 0.4) is 0 Å². The van der Waals surface area contributed by atoms with Crippen molar-refractivity contribution in [1.82, 2.24) is 4.90 Å². The van der Waals surface area contributed by atoms with Crippen LogP contribution in [0.5, 0.6) is 11.5 Å². The Morgan fingerprint density at radius 1 is 1.00 bits per heavy atom. The first-order valence-electron chi connectivity index (χ1n) is 8.06. The first kappa shape index (κ1) is 17.8. The highest BCUT2D eigenvalue weighted by Gasteiger charge is 2.17. The zero-order chi connectivity index (χ0) is 17.2. The molecule has 0 saturated carbocycles. The molecule has 0 spiro atoms. The quantitative estimate of drug-likeness (QED) is 0.719. The van der Waals surface area contributed by atoms with Crippen molar-refractivity contribution in [2.24, 2.45) is 0 Å². The molecule has 0 heterocycles. The van der Waals surface area contributed by atoms with Crippen molar-refractivity contribution in [3.8, 4) is 11.5 Å². The molecule has 0 unspecified atom stereocenters. The number of rotatable bonds is 9. The minimum Gasteiger partial charge on any atom is -0.490 e. The van der Waals surface area contributed by atoms with Crippen LogP contribution in [0.4, 0.5) is 0 Å². The fourth-order valence-electron chi connectivity index (χ4n) is 2.29. The Morgan fingerprint density at radius 3 is 2.38 bits per heavy atom. The van der Waals surface area contributed by atoms with Crippen LogP contribution in [0.1, 0.15) is 17.3 Å². The number of carbonyl (C=O) groups is 1. The predicted molar refractivity (Wildman–Crippen MR) is 92.5 cm³/mol. The molecule has 0 aliphatic heterocycles. The molecule has 0 radical (unpaired) electrons. The lowest BCUT2D eigenvalue weighted by Crippen LogP contribution is -2.33. The molecule has 0 aliphatic rings. The van der Waals surface area contributed by atoms with Gasteiger partial charge in [0.05, 0.1) is 12.2 Å². The lowest BCUT2D eigenvalue weighted by Gasteiger charge is -2.21. The highest BCUT2D eigenvalue weighted by atomic mass is 16.5. The molecule has 0 aliphatic carbocycles. The third-order valence-electron chi connectivity index (χ3n) is 3.51. The number of ether oxygens (including phenoxy) is 2. The van der Waals surface area contributed by atoms with E-state index in [0.29, 0.717) is 37.6 Å². The topological polar surface area (TPSA) is 59.0 Å². The predicted octanol–water partition coefficient (Wildman–Crippen LogP) is 2.60. The van der Waals surface area contributed by atoms with Gasteiger partial charge in [0, 0.05) is 13.1 Å². The van der Waals surface area contributed by atoms with E-state index in [0.717, 1.165) is 5.75 Å². The first-order valence-corrected chi connectivity index (χ1v) is 8.06. The van der Waals surface area contributed by atoms with Crippen molar-refractivity contribution in [3.63, 3.8) is 0 Å². The fraction of sp³-hybridized carbons (Fsp3) is 0.316. The van der Waals surface area contributed by atoms with Gasteiger partial charge in [0.1, 0.15) is 24.7 Å². The van der Waals surface area contributed by atoms with E-state index in [9.17, 15) is 4.79 Å². The van der Waals surface area contributed by atoms with Gasteiger partial charge in [-0.25, -0.2) is 0 Å². The van der Waals surface area contributed by atoms with Gasteiger partial charge in [0.15, 0.2) is 0 Å². The minimum absolute atomic E-state index is 0.0620. The molecule has 1 N–H and O–H groups in total. The highest BCUT2D eigenvalue weighted by molar-refractivity contribution is 5.96. The number of aliphatic hydroxyl groups excluding tert-OH is 1. The number of benzene rings is 2. The number of carbonyl (C=O) groups excluding carboxylic acids is 1.